The molecule has 0 bridgehead atoms. The minimum absolute atomic E-state index is 0.885. The van der Waals surface area contributed by atoms with Crippen molar-refractivity contribution in [2.45, 2.75) is 46.5 Å². The van der Waals surface area contributed by atoms with Crippen molar-refractivity contribution in [3.05, 3.63) is 28.7 Å². The van der Waals surface area contributed by atoms with Gasteiger partial charge in [-0.2, -0.15) is 0 Å². The molecule has 2 rings (SSSR count). The van der Waals surface area contributed by atoms with Gasteiger partial charge in [0.1, 0.15) is 0 Å². The van der Waals surface area contributed by atoms with Gasteiger partial charge in [0.05, 0.1) is 5.00 Å². The third-order valence-corrected chi connectivity index (χ3v) is 4.52. The van der Waals surface area contributed by atoms with Gasteiger partial charge in [0.2, 0.25) is 0 Å². The summed E-state index contributed by atoms with van der Waals surface area (Å²) >= 11 is 1.98. The van der Waals surface area contributed by atoms with Crippen LogP contribution in [0.5, 0.6) is 0 Å². The molecule has 2 heteroatoms. The molecule has 0 saturated heterocycles. The van der Waals surface area contributed by atoms with E-state index in [1.807, 2.05) is 25.3 Å². The zero-order valence-corrected chi connectivity index (χ0v) is 12.4. The van der Waals surface area contributed by atoms with E-state index in [4.69, 9.17) is 0 Å². The lowest BCUT2D eigenvalue weighted by atomic mass is 9.88. The highest BCUT2D eigenvalue weighted by Crippen LogP contribution is 2.39. The van der Waals surface area contributed by atoms with E-state index >= 15 is 0 Å². The molecule has 0 fully saturated rings. The summed E-state index contributed by atoms with van der Waals surface area (Å²) in [5.74, 6) is 0.885. The van der Waals surface area contributed by atoms with Crippen LogP contribution in [0.25, 0.3) is 0 Å². The molecule has 1 heterocycles. The predicted octanol–water partition coefficient (Wildman–Crippen LogP) is 4.67. The minimum Gasteiger partial charge on any atom is -0.380 e. The summed E-state index contributed by atoms with van der Waals surface area (Å²) in [6, 6.07) is 0. The molecule has 0 radical (unpaired) electrons. The topological polar surface area (TPSA) is 12.0 Å². The maximum Gasteiger partial charge on any atom is 0.0918 e. The Bertz CT molecular complexity index is 365. The van der Waals surface area contributed by atoms with E-state index in [-0.39, 0.29) is 0 Å². The third kappa shape index (κ3) is 3.35. The average Bonchev–Trinajstić information content (AvgIpc) is 2.66. The van der Waals surface area contributed by atoms with Crippen LogP contribution in [0.3, 0.4) is 0 Å². The molecule has 0 spiro atoms. The molecule has 0 aromatic carbocycles. The first-order valence-corrected chi connectivity index (χ1v) is 7.37. The van der Waals surface area contributed by atoms with Crippen LogP contribution in [0.2, 0.25) is 0 Å². The van der Waals surface area contributed by atoms with Crippen LogP contribution in [0.4, 0.5) is 5.00 Å². The Hall–Kier alpha value is -0.760. The first kappa shape index (κ1) is 14.3. The monoisotopic (exact) mass is 251 g/mol. The number of anilines is 1. The molecule has 0 amide bonds. The lowest BCUT2D eigenvalue weighted by molar-refractivity contribution is 0.506. The summed E-state index contributed by atoms with van der Waals surface area (Å²) in [7, 11) is 2.04. The van der Waals surface area contributed by atoms with Crippen LogP contribution >= 0.6 is 11.3 Å². The van der Waals surface area contributed by atoms with Crippen molar-refractivity contribution in [1.29, 1.82) is 0 Å². The van der Waals surface area contributed by atoms with Crippen LogP contribution in [-0.4, -0.2) is 7.05 Å². The largest absolute Gasteiger partial charge is 0.380 e. The lowest BCUT2D eigenvalue weighted by Crippen LogP contribution is -2.09. The second kappa shape index (κ2) is 6.85. The van der Waals surface area contributed by atoms with Crippen LogP contribution in [0, 0.1) is 5.92 Å². The van der Waals surface area contributed by atoms with E-state index in [9.17, 15) is 0 Å². The molecule has 1 aliphatic carbocycles. The van der Waals surface area contributed by atoms with Crippen molar-refractivity contribution in [2.75, 3.05) is 12.4 Å². The molecule has 1 unspecified atom stereocenters. The van der Waals surface area contributed by atoms with Gasteiger partial charge in [-0.3, -0.25) is 0 Å². The molecule has 96 valence electrons. The lowest BCUT2D eigenvalue weighted by Gasteiger charge is -2.18. The molecule has 0 saturated carbocycles. The van der Waals surface area contributed by atoms with Crippen molar-refractivity contribution in [2.24, 2.45) is 5.92 Å². The van der Waals surface area contributed by atoms with Gasteiger partial charge >= 0.3 is 0 Å². The summed E-state index contributed by atoms with van der Waals surface area (Å²) in [6.07, 6.45) is 6.91. The van der Waals surface area contributed by atoms with E-state index < -0.39 is 0 Å². The van der Waals surface area contributed by atoms with E-state index in [2.05, 4.69) is 25.7 Å². The molecule has 1 nitrogen and oxygen atoms in total. The number of rotatable bonds is 2. The highest BCUT2D eigenvalue weighted by Gasteiger charge is 2.22. The average molecular weight is 251 g/mol. The number of hydrogen-bond donors (Lipinski definition) is 1. The maximum absolute atomic E-state index is 3.36. The van der Waals surface area contributed by atoms with Crippen molar-refractivity contribution < 1.29 is 0 Å². The summed E-state index contributed by atoms with van der Waals surface area (Å²) in [6.45, 7) is 9.88. The molecule has 1 atom stereocenters. The number of allylic oxidation sites excluding steroid dienone is 1. The Labute approximate surface area is 110 Å². The summed E-state index contributed by atoms with van der Waals surface area (Å²) < 4.78 is 0. The summed E-state index contributed by atoms with van der Waals surface area (Å²) in [5, 5.41) is 4.75. The molecule has 1 aromatic heterocycles. The number of hydrogen-bond acceptors (Lipinski definition) is 2. The van der Waals surface area contributed by atoms with E-state index in [1.54, 1.807) is 22.1 Å². The van der Waals surface area contributed by atoms with E-state index in [1.165, 1.54) is 30.7 Å². The van der Waals surface area contributed by atoms with Gasteiger partial charge in [0.25, 0.3) is 0 Å². The fraction of sp³-hybridized carbons (Fsp3) is 0.600. The Morgan fingerprint density at radius 2 is 2.18 bits per heavy atom. The van der Waals surface area contributed by atoms with Gasteiger partial charge in [0.15, 0.2) is 0 Å². The van der Waals surface area contributed by atoms with Crippen molar-refractivity contribution in [3.8, 4) is 0 Å². The number of thiophene rings is 1. The molecule has 17 heavy (non-hydrogen) atoms. The maximum atomic E-state index is 3.36. The van der Waals surface area contributed by atoms with Gasteiger partial charge < -0.3 is 5.32 Å². The second-order valence-corrected chi connectivity index (χ2v) is 5.78. The van der Waals surface area contributed by atoms with Crippen LogP contribution in [0.1, 0.15) is 43.2 Å². The normalized spacial score (nSPS) is 17.8. The van der Waals surface area contributed by atoms with Crippen molar-refractivity contribution in [3.63, 3.8) is 0 Å². The zero-order chi connectivity index (χ0) is 12.8. The molecule has 1 aliphatic rings. The van der Waals surface area contributed by atoms with Crippen molar-refractivity contribution >= 4 is 16.3 Å². The molecule has 1 N–H and O–H groups in total. The van der Waals surface area contributed by atoms with E-state index in [0.717, 1.165) is 5.92 Å². The third-order valence-electron chi connectivity index (χ3n) is 3.20. The minimum atomic E-state index is 0.885. The van der Waals surface area contributed by atoms with Gasteiger partial charge in [-0.25, -0.2) is 0 Å². The standard InChI is InChI=1S/C12H19NS.C3H6/c1-4-9-10-6-5-8(2)7-11(10)14-12(9)13-3;1-3-2/h8,13H,4-7H2,1-3H3;3H,1H2,2H3. The van der Waals surface area contributed by atoms with Gasteiger partial charge in [-0.15, -0.1) is 17.9 Å². The Balaban J connectivity index is 0.000000437. The van der Waals surface area contributed by atoms with Crippen molar-refractivity contribution in [1.82, 2.24) is 0 Å². The zero-order valence-electron chi connectivity index (χ0n) is 11.6. The molecular formula is C15H25NS. The highest BCUT2D eigenvalue weighted by molar-refractivity contribution is 7.16. The van der Waals surface area contributed by atoms with Gasteiger partial charge in [0, 0.05) is 11.9 Å². The van der Waals surface area contributed by atoms with Gasteiger partial charge in [-0.1, -0.05) is 19.9 Å². The Morgan fingerprint density at radius 3 is 2.71 bits per heavy atom. The van der Waals surface area contributed by atoms with Crippen LogP contribution in [-0.2, 0) is 19.3 Å². The Kier molecular flexibility index (Phi) is 5.76. The quantitative estimate of drug-likeness (QED) is 0.753. The summed E-state index contributed by atoms with van der Waals surface area (Å²) in [5.41, 5.74) is 3.25. The first-order chi connectivity index (χ1) is 8.17. The first-order valence-electron chi connectivity index (χ1n) is 6.56. The van der Waals surface area contributed by atoms with E-state index in [0.29, 0.717) is 0 Å². The fourth-order valence-electron chi connectivity index (χ4n) is 2.39. The molecular weight excluding hydrogens is 226 g/mol. The number of nitrogens with one attached hydrogen (secondary N) is 1. The molecule has 0 aliphatic heterocycles. The predicted molar refractivity (Wildman–Crippen MR) is 80.3 cm³/mol. The molecule has 1 aromatic rings. The Morgan fingerprint density at radius 1 is 1.53 bits per heavy atom. The van der Waals surface area contributed by atoms with Gasteiger partial charge in [-0.05, 0) is 49.7 Å². The highest BCUT2D eigenvalue weighted by atomic mass is 32.1. The number of fused-ring (bicyclic) bond motifs is 1. The van der Waals surface area contributed by atoms with Crippen LogP contribution < -0.4 is 5.32 Å². The second-order valence-electron chi connectivity index (χ2n) is 4.67. The van der Waals surface area contributed by atoms with Crippen LogP contribution in [0.15, 0.2) is 12.7 Å². The fourth-order valence-corrected chi connectivity index (χ4v) is 3.85. The smallest absolute Gasteiger partial charge is 0.0918 e. The summed E-state index contributed by atoms with van der Waals surface area (Å²) in [4.78, 5) is 1.64. The SMILES string of the molecule is C=CC.CCc1c(NC)sc2c1CCC(C)C2.